The molecule has 0 radical (unpaired) electrons. The first kappa shape index (κ1) is 14.3. The molecular weight excluding hydrogens is 254 g/mol. The van der Waals surface area contributed by atoms with Crippen molar-refractivity contribution in [3.8, 4) is 0 Å². The molecule has 0 aromatic heterocycles. The lowest BCUT2D eigenvalue weighted by atomic mass is 10.0. The van der Waals surface area contributed by atoms with Crippen LogP contribution in [0.2, 0.25) is 0 Å². The van der Waals surface area contributed by atoms with E-state index in [-0.39, 0.29) is 0 Å². The van der Waals surface area contributed by atoms with Gasteiger partial charge in [0.15, 0.2) is 0 Å². The van der Waals surface area contributed by atoms with E-state index in [1.807, 2.05) is 0 Å². The first-order valence-electron chi connectivity index (χ1n) is 8.24. The normalized spacial score (nSPS) is 16.0. The van der Waals surface area contributed by atoms with Crippen LogP contribution >= 0.6 is 0 Å². The van der Waals surface area contributed by atoms with Gasteiger partial charge >= 0.3 is 0 Å². The van der Waals surface area contributed by atoms with Gasteiger partial charge < -0.3 is 0 Å². The molecule has 1 fully saturated rings. The van der Waals surface area contributed by atoms with Gasteiger partial charge in [-0.3, -0.25) is 4.90 Å². The van der Waals surface area contributed by atoms with Crippen LogP contribution in [0.25, 0.3) is 0 Å². The van der Waals surface area contributed by atoms with E-state index in [2.05, 4.69) is 59.5 Å². The van der Waals surface area contributed by atoms with E-state index in [0.717, 1.165) is 19.4 Å². The fourth-order valence-corrected chi connectivity index (χ4v) is 3.12. The van der Waals surface area contributed by atoms with Crippen molar-refractivity contribution in [1.82, 2.24) is 4.90 Å². The smallest absolute Gasteiger partial charge is 0.0233 e. The van der Waals surface area contributed by atoms with Crippen molar-refractivity contribution >= 4 is 0 Å². The van der Waals surface area contributed by atoms with Gasteiger partial charge in [0, 0.05) is 6.54 Å². The zero-order valence-corrected chi connectivity index (χ0v) is 12.8. The number of hydrogen-bond donors (Lipinski definition) is 0. The van der Waals surface area contributed by atoms with Gasteiger partial charge in [0.2, 0.25) is 0 Å². The highest BCUT2D eigenvalue weighted by atomic mass is 15.1. The first-order valence-corrected chi connectivity index (χ1v) is 8.24. The Hall–Kier alpha value is -1.60. The number of aryl methyl sites for hydroxylation is 2. The molecule has 3 rings (SSSR count). The summed E-state index contributed by atoms with van der Waals surface area (Å²) in [6.45, 7) is 3.67. The zero-order valence-electron chi connectivity index (χ0n) is 12.8. The van der Waals surface area contributed by atoms with Crippen molar-refractivity contribution in [1.29, 1.82) is 0 Å². The summed E-state index contributed by atoms with van der Waals surface area (Å²) in [4.78, 5) is 2.59. The van der Waals surface area contributed by atoms with Gasteiger partial charge in [0.25, 0.3) is 0 Å². The standard InChI is InChI=1S/C20H25N/c1-3-7-18(8-4-1)9-10-19-11-13-20(14-12-19)17-21-15-5-2-6-16-21/h1,3-4,7-8,11-14H,2,5-6,9-10,15-17H2. The van der Waals surface area contributed by atoms with Gasteiger partial charge in [-0.1, -0.05) is 61.0 Å². The lowest BCUT2D eigenvalue weighted by Gasteiger charge is -2.26. The van der Waals surface area contributed by atoms with Crippen LogP contribution in [-0.4, -0.2) is 18.0 Å². The van der Waals surface area contributed by atoms with Crippen LogP contribution in [-0.2, 0) is 19.4 Å². The van der Waals surface area contributed by atoms with Crippen molar-refractivity contribution in [3.05, 3.63) is 71.3 Å². The van der Waals surface area contributed by atoms with Crippen LogP contribution in [0.15, 0.2) is 54.6 Å². The van der Waals surface area contributed by atoms with E-state index >= 15 is 0 Å². The van der Waals surface area contributed by atoms with Crippen molar-refractivity contribution in [2.45, 2.75) is 38.6 Å². The predicted molar refractivity (Wildman–Crippen MR) is 89.4 cm³/mol. The quantitative estimate of drug-likeness (QED) is 0.781. The van der Waals surface area contributed by atoms with Crippen LogP contribution < -0.4 is 0 Å². The van der Waals surface area contributed by atoms with E-state index in [1.165, 1.54) is 49.0 Å². The predicted octanol–water partition coefficient (Wildman–Crippen LogP) is 4.46. The molecule has 0 atom stereocenters. The number of nitrogens with zero attached hydrogens (tertiary/aromatic N) is 1. The molecule has 1 nitrogen and oxygen atoms in total. The molecule has 1 aliphatic rings. The van der Waals surface area contributed by atoms with Crippen LogP contribution in [0.5, 0.6) is 0 Å². The van der Waals surface area contributed by atoms with E-state index in [1.54, 1.807) is 0 Å². The third kappa shape index (κ3) is 4.44. The van der Waals surface area contributed by atoms with E-state index in [9.17, 15) is 0 Å². The van der Waals surface area contributed by atoms with Gasteiger partial charge in [-0.05, 0) is 55.5 Å². The summed E-state index contributed by atoms with van der Waals surface area (Å²) in [5.41, 5.74) is 4.33. The number of benzene rings is 2. The van der Waals surface area contributed by atoms with Crippen LogP contribution in [0.1, 0.15) is 36.0 Å². The zero-order chi connectivity index (χ0) is 14.3. The second-order valence-electron chi connectivity index (χ2n) is 6.14. The summed E-state index contributed by atoms with van der Waals surface area (Å²) in [5, 5.41) is 0. The van der Waals surface area contributed by atoms with Crippen molar-refractivity contribution in [2.75, 3.05) is 13.1 Å². The molecule has 1 heteroatoms. The fourth-order valence-electron chi connectivity index (χ4n) is 3.12. The highest BCUT2D eigenvalue weighted by Crippen LogP contribution is 2.14. The second-order valence-corrected chi connectivity index (χ2v) is 6.14. The van der Waals surface area contributed by atoms with Crippen LogP contribution in [0.3, 0.4) is 0 Å². The van der Waals surface area contributed by atoms with E-state index in [0.29, 0.717) is 0 Å². The Labute approximate surface area is 128 Å². The Bertz CT molecular complexity index is 524. The molecule has 1 saturated heterocycles. The van der Waals surface area contributed by atoms with Crippen molar-refractivity contribution < 1.29 is 0 Å². The summed E-state index contributed by atoms with van der Waals surface area (Å²) in [7, 11) is 0. The van der Waals surface area contributed by atoms with Crippen molar-refractivity contribution in [3.63, 3.8) is 0 Å². The highest BCUT2D eigenvalue weighted by molar-refractivity contribution is 5.24. The summed E-state index contributed by atoms with van der Waals surface area (Å²) >= 11 is 0. The lowest BCUT2D eigenvalue weighted by molar-refractivity contribution is 0.221. The molecule has 2 aromatic rings. The minimum absolute atomic E-state index is 1.12. The molecular formula is C20H25N. The average Bonchev–Trinajstić information content (AvgIpc) is 2.56. The summed E-state index contributed by atoms with van der Waals surface area (Å²) in [6, 6.07) is 20.0. The molecule has 21 heavy (non-hydrogen) atoms. The second kappa shape index (κ2) is 7.42. The Morgan fingerprint density at radius 1 is 0.619 bits per heavy atom. The molecule has 1 heterocycles. The minimum Gasteiger partial charge on any atom is -0.299 e. The van der Waals surface area contributed by atoms with Crippen LogP contribution in [0.4, 0.5) is 0 Å². The number of hydrogen-bond acceptors (Lipinski definition) is 1. The maximum absolute atomic E-state index is 2.59. The maximum Gasteiger partial charge on any atom is 0.0233 e. The summed E-state index contributed by atoms with van der Waals surface area (Å²) in [6.07, 6.45) is 6.42. The fraction of sp³-hybridized carbons (Fsp3) is 0.400. The molecule has 0 bridgehead atoms. The number of rotatable bonds is 5. The van der Waals surface area contributed by atoms with Crippen molar-refractivity contribution in [2.24, 2.45) is 0 Å². The maximum atomic E-state index is 2.59. The first-order chi connectivity index (χ1) is 10.4. The number of likely N-dealkylation sites (tertiary alicyclic amines) is 1. The Kier molecular flexibility index (Phi) is 5.07. The Balaban J connectivity index is 1.51. The summed E-state index contributed by atoms with van der Waals surface area (Å²) < 4.78 is 0. The highest BCUT2D eigenvalue weighted by Gasteiger charge is 2.10. The largest absolute Gasteiger partial charge is 0.299 e. The third-order valence-corrected chi connectivity index (χ3v) is 4.42. The van der Waals surface area contributed by atoms with Gasteiger partial charge in [-0.15, -0.1) is 0 Å². The van der Waals surface area contributed by atoms with Gasteiger partial charge in [0.1, 0.15) is 0 Å². The topological polar surface area (TPSA) is 3.24 Å². The molecule has 2 aromatic carbocycles. The van der Waals surface area contributed by atoms with Crippen LogP contribution in [0, 0.1) is 0 Å². The Morgan fingerprint density at radius 2 is 1.19 bits per heavy atom. The van der Waals surface area contributed by atoms with Gasteiger partial charge in [-0.2, -0.15) is 0 Å². The van der Waals surface area contributed by atoms with E-state index in [4.69, 9.17) is 0 Å². The SMILES string of the molecule is c1ccc(CCc2ccc(CN3CCCCC3)cc2)cc1. The third-order valence-electron chi connectivity index (χ3n) is 4.42. The minimum atomic E-state index is 1.12. The molecule has 0 saturated carbocycles. The molecule has 0 amide bonds. The monoisotopic (exact) mass is 279 g/mol. The van der Waals surface area contributed by atoms with Gasteiger partial charge in [0.05, 0.1) is 0 Å². The molecule has 0 N–H and O–H groups in total. The molecule has 110 valence electrons. The Morgan fingerprint density at radius 3 is 1.86 bits per heavy atom. The molecule has 0 spiro atoms. The van der Waals surface area contributed by atoms with E-state index < -0.39 is 0 Å². The van der Waals surface area contributed by atoms with Gasteiger partial charge in [-0.25, -0.2) is 0 Å². The number of piperidine rings is 1. The molecule has 0 unspecified atom stereocenters. The molecule has 0 aliphatic carbocycles. The lowest BCUT2D eigenvalue weighted by Crippen LogP contribution is -2.29. The summed E-state index contributed by atoms with van der Waals surface area (Å²) in [5.74, 6) is 0. The average molecular weight is 279 g/mol. The molecule has 1 aliphatic heterocycles.